The quantitative estimate of drug-likeness (QED) is 0.683. The Morgan fingerprint density at radius 2 is 1.33 bits per heavy atom. The molecule has 27 heavy (non-hydrogen) atoms. The van der Waals surface area contributed by atoms with Gasteiger partial charge in [-0.2, -0.15) is 0 Å². The summed E-state index contributed by atoms with van der Waals surface area (Å²) in [5, 5.41) is 4.06. The van der Waals surface area contributed by atoms with Crippen LogP contribution in [0.5, 0.6) is 0 Å². The third-order valence-corrected chi connectivity index (χ3v) is 4.71. The minimum absolute atomic E-state index is 0.537. The Morgan fingerprint density at radius 1 is 0.815 bits per heavy atom. The Kier molecular flexibility index (Phi) is 6.63. The number of rotatable bonds is 4. The van der Waals surface area contributed by atoms with Crippen molar-refractivity contribution in [1.82, 2.24) is 0 Å². The van der Waals surface area contributed by atoms with Crippen LogP contribution in [0.15, 0.2) is 84.9 Å². The van der Waals surface area contributed by atoms with E-state index in [1.54, 1.807) is 0 Å². The Morgan fingerprint density at radius 3 is 1.96 bits per heavy atom. The molecule has 0 saturated heterocycles. The summed E-state index contributed by atoms with van der Waals surface area (Å²) < 4.78 is 17.6. The van der Waals surface area contributed by atoms with Gasteiger partial charge in [0.2, 0.25) is 0 Å². The highest BCUT2D eigenvalue weighted by molar-refractivity contribution is 7.69. The van der Waals surface area contributed by atoms with Crippen molar-refractivity contribution >= 4 is 16.6 Å². The lowest BCUT2D eigenvalue weighted by Gasteiger charge is -2.28. The molecule has 0 bridgehead atoms. The van der Waals surface area contributed by atoms with E-state index in [9.17, 15) is 0 Å². The second-order valence-electron chi connectivity index (χ2n) is 6.58. The number of benzene rings is 3. The summed E-state index contributed by atoms with van der Waals surface area (Å²) in [5.41, 5.74) is 5.67. The molecule has 0 saturated carbocycles. The molecule has 1 unspecified atom stereocenters. The first-order valence-corrected chi connectivity index (χ1v) is 10.2. The number of nitrogens with two attached hydrogens (primary N) is 1. The second kappa shape index (κ2) is 9.35. The molecule has 0 aliphatic carbocycles. The lowest BCUT2D eigenvalue weighted by atomic mass is 10.0. The molecule has 1 aliphatic rings. The average Bonchev–Trinajstić information content (AvgIpc) is 3.00. The minimum atomic E-state index is -2.62. The van der Waals surface area contributed by atoms with Gasteiger partial charge in [-0.1, -0.05) is 78.9 Å². The minimum Gasteiger partial charge on any atom is -0.363 e. The van der Waals surface area contributed by atoms with Gasteiger partial charge in [0.1, 0.15) is 0 Å². The fourth-order valence-electron chi connectivity index (χ4n) is 3.59. The third-order valence-electron chi connectivity index (χ3n) is 4.71. The van der Waals surface area contributed by atoms with Gasteiger partial charge in [-0.25, -0.2) is 13.6 Å². The summed E-state index contributed by atoms with van der Waals surface area (Å²) in [6.45, 7) is 0.982. The third kappa shape index (κ3) is 5.42. The van der Waals surface area contributed by atoms with Crippen LogP contribution in [0.1, 0.15) is 16.7 Å². The first-order valence-electron chi connectivity index (χ1n) is 8.95. The van der Waals surface area contributed by atoms with Crippen LogP contribution >= 0.6 is 0 Å². The molecule has 0 radical (unpaired) electrons. The summed E-state index contributed by atoms with van der Waals surface area (Å²) in [4.78, 5) is 2.58. The number of thiol groups is 1. The number of hydrogen-bond donors (Lipinski definition) is 2. The van der Waals surface area contributed by atoms with Crippen molar-refractivity contribution in [2.24, 2.45) is 5.14 Å². The van der Waals surface area contributed by atoms with E-state index < -0.39 is 10.9 Å². The van der Waals surface area contributed by atoms with Gasteiger partial charge in [0.25, 0.3) is 0 Å². The molecule has 5 heteroatoms. The molecule has 0 spiro atoms. The maximum Gasteiger partial charge on any atom is 0.198 e. The Bertz CT molecular complexity index is 919. The number of hydrogen-bond acceptors (Lipinski definition) is 3. The monoisotopic (exact) mass is 380 g/mol. The standard InChI is InChI=1S/C22H21N.H3NO2S/c1-3-9-18(10-4-1)15-21-16-20-13-7-8-14-22(20)23(21)17-19-11-5-2-6-12-19;1-4(2)3/h1-14,21H,15-17H2;4H,(H2,1,2,3). The molecule has 2 N–H and O–H groups in total. The number of anilines is 1. The summed E-state index contributed by atoms with van der Waals surface area (Å²) in [6, 6.07) is 31.0. The molecule has 4 rings (SSSR count). The predicted octanol–water partition coefficient (Wildman–Crippen LogP) is 3.33. The van der Waals surface area contributed by atoms with Crippen LogP contribution in [-0.4, -0.2) is 14.5 Å². The Hall–Kier alpha value is -2.63. The zero-order chi connectivity index (χ0) is 19.1. The van der Waals surface area contributed by atoms with Gasteiger partial charge in [-0.05, 0) is 35.6 Å². The van der Waals surface area contributed by atoms with E-state index in [-0.39, 0.29) is 0 Å². The van der Waals surface area contributed by atoms with Crippen LogP contribution in [0.4, 0.5) is 5.69 Å². The summed E-state index contributed by atoms with van der Waals surface area (Å²) >= 11 is 0. The first-order chi connectivity index (χ1) is 13.1. The van der Waals surface area contributed by atoms with E-state index >= 15 is 0 Å². The molecule has 3 aromatic rings. The number of nitrogens with zero attached hydrogens (tertiary/aromatic N) is 1. The predicted molar refractivity (Wildman–Crippen MR) is 111 cm³/mol. The van der Waals surface area contributed by atoms with Gasteiger partial charge >= 0.3 is 0 Å². The Balaban J connectivity index is 0.000000481. The van der Waals surface area contributed by atoms with Crippen molar-refractivity contribution in [3.05, 3.63) is 102 Å². The fourth-order valence-corrected chi connectivity index (χ4v) is 3.59. The van der Waals surface area contributed by atoms with Gasteiger partial charge in [0.15, 0.2) is 10.9 Å². The summed E-state index contributed by atoms with van der Waals surface area (Å²) in [6.07, 6.45) is 2.24. The second-order valence-corrected chi connectivity index (χ2v) is 7.15. The van der Waals surface area contributed by atoms with Crippen LogP contribution in [0.3, 0.4) is 0 Å². The van der Waals surface area contributed by atoms with Crippen molar-refractivity contribution in [3.8, 4) is 0 Å². The summed E-state index contributed by atoms with van der Waals surface area (Å²) in [7, 11) is -2.62. The molecule has 1 heterocycles. The SMILES string of the molecule is N[SH](=O)=O.c1ccc(CC2Cc3ccccc3N2Cc2ccccc2)cc1. The largest absolute Gasteiger partial charge is 0.363 e. The molecule has 1 aliphatic heterocycles. The molecule has 0 fully saturated rings. The molecule has 3 aromatic carbocycles. The van der Waals surface area contributed by atoms with Crippen molar-refractivity contribution < 1.29 is 8.42 Å². The fraction of sp³-hybridized carbons (Fsp3) is 0.182. The molecular weight excluding hydrogens is 356 g/mol. The van der Waals surface area contributed by atoms with Crippen molar-refractivity contribution in [2.45, 2.75) is 25.4 Å². The molecule has 140 valence electrons. The van der Waals surface area contributed by atoms with E-state index in [0.29, 0.717) is 6.04 Å². The number of fused-ring (bicyclic) bond motifs is 1. The van der Waals surface area contributed by atoms with Crippen molar-refractivity contribution in [1.29, 1.82) is 0 Å². The van der Waals surface area contributed by atoms with Crippen molar-refractivity contribution in [3.63, 3.8) is 0 Å². The average molecular weight is 381 g/mol. The van der Waals surface area contributed by atoms with Gasteiger partial charge in [0, 0.05) is 18.3 Å². The zero-order valence-corrected chi connectivity index (χ0v) is 16.0. The van der Waals surface area contributed by atoms with Gasteiger partial charge in [0.05, 0.1) is 0 Å². The molecule has 1 atom stereocenters. The lowest BCUT2D eigenvalue weighted by molar-refractivity contribution is 0.616. The van der Waals surface area contributed by atoms with E-state index in [2.05, 4.69) is 95.0 Å². The molecule has 0 aromatic heterocycles. The number of para-hydroxylation sites is 1. The Labute approximate surface area is 162 Å². The van der Waals surface area contributed by atoms with Crippen LogP contribution in [0.2, 0.25) is 0 Å². The maximum atomic E-state index is 8.81. The van der Waals surface area contributed by atoms with Crippen LogP contribution < -0.4 is 10.0 Å². The van der Waals surface area contributed by atoms with Crippen LogP contribution in [-0.2, 0) is 30.3 Å². The highest BCUT2D eigenvalue weighted by atomic mass is 32.2. The van der Waals surface area contributed by atoms with Crippen LogP contribution in [0.25, 0.3) is 0 Å². The first kappa shape index (κ1) is 19.1. The molecule has 0 amide bonds. The van der Waals surface area contributed by atoms with Crippen LogP contribution in [0, 0.1) is 0 Å². The van der Waals surface area contributed by atoms with Gasteiger partial charge < -0.3 is 4.90 Å². The van der Waals surface area contributed by atoms with Gasteiger partial charge in [-0.15, -0.1) is 0 Å². The van der Waals surface area contributed by atoms with Crippen molar-refractivity contribution in [2.75, 3.05) is 4.90 Å². The lowest BCUT2D eigenvalue weighted by Crippen LogP contribution is -2.33. The van der Waals surface area contributed by atoms with Gasteiger partial charge in [-0.3, -0.25) is 0 Å². The smallest absolute Gasteiger partial charge is 0.198 e. The van der Waals surface area contributed by atoms with E-state index in [1.807, 2.05) is 0 Å². The van der Waals surface area contributed by atoms with E-state index in [0.717, 1.165) is 19.4 Å². The van der Waals surface area contributed by atoms with E-state index in [1.165, 1.54) is 22.4 Å². The zero-order valence-electron chi connectivity index (χ0n) is 15.1. The maximum absolute atomic E-state index is 8.81. The summed E-state index contributed by atoms with van der Waals surface area (Å²) in [5.74, 6) is 0. The highest BCUT2D eigenvalue weighted by Gasteiger charge is 2.28. The molecule has 4 nitrogen and oxygen atoms in total. The molecular formula is C22H24N2O2S. The highest BCUT2D eigenvalue weighted by Crippen LogP contribution is 2.34. The van der Waals surface area contributed by atoms with E-state index in [4.69, 9.17) is 8.42 Å². The normalized spacial score (nSPS) is 15.2. The topological polar surface area (TPSA) is 63.4 Å².